The topological polar surface area (TPSA) is 92.9 Å². The molecule has 0 aliphatic rings. The number of nitrogens with two attached hydrogens (primary N) is 1. The van der Waals surface area contributed by atoms with E-state index < -0.39 is 17.7 Å². The largest absolute Gasteiger partial charge is 0.457 e. The molecule has 0 radical (unpaired) electrons. The van der Waals surface area contributed by atoms with E-state index in [1.54, 1.807) is 12.1 Å². The number of hydroxylamine groups is 1. The number of ether oxygens (including phenoxy) is 1. The van der Waals surface area contributed by atoms with Crippen molar-refractivity contribution in [1.82, 2.24) is 0 Å². The minimum Gasteiger partial charge on any atom is -0.457 e. The van der Waals surface area contributed by atoms with Crippen molar-refractivity contribution in [2.75, 3.05) is 5.06 Å². The van der Waals surface area contributed by atoms with Gasteiger partial charge in [0.05, 0.1) is 5.69 Å². The first-order valence-electron chi connectivity index (χ1n) is 8.44. The number of primary amides is 1. The minimum absolute atomic E-state index is 0.0927. The monoisotopic (exact) mass is 356 g/mol. The van der Waals surface area contributed by atoms with Gasteiger partial charge in [0.2, 0.25) is 5.91 Å². The fraction of sp³-hybridized carbons (Fsp3) is 0.300. The lowest BCUT2D eigenvalue weighted by atomic mass is 9.95. The van der Waals surface area contributed by atoms with E-state index in [9.17, 15) is 14.8 Å². The van der Waals surface area contributed by atoms with E-state index in [2.05, 4.69) is 0 Å². The van der Waals surface area contributed by atoms with Gasteiger partial charge >= 0.3 is 0 Å². The first-order chi connectivity index (χ1) is 12.3. The van der Waals surface area contributed by atoms with E-state index in [1.807, 2.05) is 45.0 Å². The Morgan fingerprint density at radius 1 is 1.04 bits per heavy atom. The van der Waals surface area contributed by atoms with Crippen LogP contribution in [0.2, 0.25) is 0 Å². The Hall–Kier alpha value is -2.86. The molecule has 2 aromatic rings. The van der Waals surface area contributed by atoms with Crippen molar-refractivity contribution in [1.29, 1.82) is 0 Å². The van der Waals surface area contributed by atoms with E-state index in [0.29, 0.717) is 16.6 Å². The first-order valence-corrected chi connectivity index (χ1v) is 8.44. The number of benzene rings is 2. The van der Waals surface area contributed by atoms with Crippen LogP contribution < -0.4 is 15.5 Å². The van der Waals surface area contributed by atoms with Crippen molar-refractivity contribution in [3.63, 3.8) is 0 Å². The summed E-state index contributed by atoms with van der Waals surface area (Å²) >= 11 is 0. The number of carbonyl (C=O) groups is 2. The van der Waals surface area contributed by atoms with Gasteiger partial charge in [0.15, 0.2) is 0 Å². The summed E-state index contributed by atoms with van der Waals surface area (Å²) in [5, 5.41) is 10.6. The summed E-state index contributed by atoms with van der Waals surface area (Å²) in [4.78, 5) is 23.9. The van der Waals surface area contributed by atoms with Crippen molar-refractivity contribution < 1.29 is 19.5 Å². The summed E-state index contributed by atoms with van der Waals surface area (Å²) < 4.78 is 5.71. The summed E-state index contributed by atoms with van der Waals surface area (Å²) in [6.45, 7) is 5.74. The zero-order valence-corrected chi connectivity index (χ0v) is 15.2. The van der Waals surface area contributed by atoms with E-state index in [4.69, 9.17) is 10.5 Å². The molecule has 0 spiro atoms. The molecule has 2 rings (SSSR count). The molecule has 6 heteroatoms. The van der Waals surface area contributed by atoms with Crippen LogP contribution in [0, 0.1) is 18.8 Å². The summed E-state index contributed by atoms with van der Waals surface area (Å²) in [5.74, 6) is -1.21. The first kappa shape index (κ1) is 19.5. The Labute approximate surface area is 153 Å². The average Bonchev–Trinajstić information content (AvgIpc) is 2.61. The Bertz CT molecular complexity index is 754. The maximum absolute atomic E-state index is 12.4. The van der Waals surface area contributed by atoms with Gasteiger partial charge in [-0.15, -0.1) is 0 Å². The van der Waals surface area contributed by atoms with Gasteiger partial charge < -0.3 is 10.5 Å². The van der Waals surface area contributed by atoms with Gasteiger partial charge in [-0.1, -0.05) is 31.5 Å². The maximum atomic E-state index is 12.4. The van der Waals surface area contributed by atoms with Crippen LogP contribution in [0.1, 0.15) is 25.8 Å². The Balaban J connectivity index is 2.09. The lowest BCUT2D eigenvalue weighted by molar-refractivity contribution is -0.135. The van der Waals surface area contributed by atoms with Crippen LogP contribution in [0.5, 0.6) is 11.5 Å². The second-order valence-corrected chi connectivity index (χ2v) is 6.64. The number of amides is 2. The molecule has 0 saturated heterocycles. The summed E-state index contributed by atoms with van der Waals surface area (Å²) in [6, 6.07) is 13.9. The summed E-state index contributed by atoms with van der Waals surface area (Å²) in [5.41, 5.74) is 6.67. The Morgan fingerprint density at radius 2 is 1.54 bits per heavy atom. The third kappa shape index (κ3) is 5.07. The highest BCUT2D eigenvalue weighted by Gasteiger charge is 2.30. The number of rotatable bonds is 7. The molecule has 1 atom stereocenters. The van der Waals surface area contributed by atoms with Gasteiger partial charge in [0.1, 0.15) is 17.4 Å². The minimum atomic E-state index is -1.07. The second-order valence-electron chi connectivity index (χ2n) is 6.64. The van der Waals surface area contributed by atoms with Crippen LogP contribution in [0.4, 0.5) is 5.69 Å². The molecule has 2 aromatic carbocycles. The highest BCUT2D eigenvalue weighted by Crippen LogP contribution is 2.25. The molecule has 0 fully saturated rings. The zero-order valence-electron chi connectivity index (χ0n) is 15.2. The molecule has 1 unspecified atom stereocenters. The number of nitrogens with zero attached hydrogens (tertiary/aromatic N) is 1. The number of hydrogen-bond acceptors (Lipinski definition) is 4. The van der Waals surface area contributed by atoms with Crippen LogP contribution in [0.3, 0.4) is 0 Å². The van der Waals surface area contributed by atoms with Crippen molar-refractivity contribution in [2.45, 2.75) is 27.2 Å². The highest BCUT2D eigenvalue weighted by molar-refractivity contribution is 6.06. The van der Waals surface area contributed by atoms with Gasteiger partial charge in [-0.25, -0.2) is 0 Å². The summed E-state index contributed by atoms with van der Waals surface area (Å²) in [7, 11) is 0. The highest BCUT2D eigenvalue weighted by atomic mass is 16.5. The summed E-state index contributed by atoms with van der Waals surface area (Å²) in [6.07, 6.45) is 0.278. The predicted octanol–water partition coefficient (Wildman–Crippen LogP) is 3.66. The van der Waals surface area contributed by atoms with Crippen molar-refractivity contribution >= 4 is 17.5 Å². The van der Waals surface area contributed by atoms with Crippen molar-refractivity contribution in [3.05, 3.63) is 54.1 Å². The molecule has 6 nitrogen and oxygen atoms in total. The molecule has 3 N–H and O–H groups in total. The fourth-order valence-corrected chi connectivity index (χ4v) is 2.48. The third-order valence-corrected chi connectivity index (χ3v) is 3.90. The Morgan fingerprint density at radius 3 is 2.00 bits per heavy atom. The molecule has 26 heavy (non-hydrogen) atoms. The van der Waals surface area contributed by atoms with E-state index in [-0.39, 0.29) is 18.0 Å². The quantitative estimate of drug-likeness (QED) is 0.450. The molecule has 0 aromatic heterocycles. The fourth-order valence-electron chi connectivity index (χ4n) is 2.48. The number of hydrogen-bond donors (Lipinski definition) is 2. The van der Waals surface area contributed by atoms with E-state index in [0.717, 1.165) is 5.56 Å². The number of carbonyl (C=O) groups excluding carboxylic acids is 2. The molecule has 0 bridgehead atoms. The lowest BCUT2D eigenvalue weighted by Crippen LogP contribution is -2.41. The number of anilines is 1. The van der Waals surface area contributed by atoms with Gasteiger partial charge in [0.25, 0.3) is 5.91 Å². The average molecular weight is 356 g/mol. The third-order valence-electron chi connectivity index (χ3n) is 3.90. The van der Waals surface area contributed by atoms with Gasteiger partial charge in [0, 0.05) is 0 Å². The molecule has 0 aliphatic heterocycles. The normalized spacial score (nSPS) is 11.9. The Kier molecular flexibility index (Phi) is 6.36. The zero-order chi connectivity index (χ0) is 19.3. The smallest absolute Gasteiger partial charge is 0.263 e. The molecule has 0 saturated carbocycles. The van der Waals surface area contributed by atoms with Gasteiger partial charge in [-0.05, 0) is 55.7 Å². The van der Waals surface area contributed by atoms with E-state index in [1.165, 1.54) is 12.1 Å². The standard InChI is InChI=1S/C20H24N2O4/c1-13(2)12-18(19(21)23)20(24)22(25)15-6-10-17(11-7-15)26-16-8-4-14(3)5-9-16/h4-11,13,18,25H,12H2,1-3H3,(H2,21,23). The van der Waals surface area contributed by atoms with Crippen LogP contribution in [0.25, 0.3) is 0 Å². The number of aryl methyl sites for hydroxylation is 1. The van der Waals surface area contributed by atoms with Crippen LogP contribution in [0.15, 0.2) is 48.5 Å². The molecule has 0 heterocycles. The van der Waals surface area contributed by atoms with E-state index >= 15 is 0 Å². The van der Waals surface area contributed by atoms with Gasteiger partial charge in [-0.3, -0.25) is 14.8 Å². The molecule has 0 aliphatic carbocycles. The van der Waals surface area contributed by atoms with Crippen molar-refractivity contribution in [2.24, 2.45) is 17.6 Å². The van der Waals surface area contributed by atoms with Crippen LogP contribution in [-0.4, -0.2) is 17.0 Å². The van der Waals surface area contributed by atoms with Crippen LogP contribution >= 0.6 is 0 Å². The lowest BCUT2D eigenvalue weighted by Gasteiger charge is -2.21. The van der Waals surface area contributed by atoms with Gasteiger partial charge in [-0.2, -0.15) is 5.06 Å². The van der Waals surface area contributed by atoms with Crippen molar-refractivity contribution in [3.8, 4) is 11.5 Å². The predicted molar refractivity (Wildman–Crippen MR) is 99.1 cm³/mol. The SMILES string of the molecule is Cc1ccc(Oc2ccc(N(O)C(=O)C(CC(C)C)C(N)=O)cc2)cc1. The molecular formula is C20H24N2O4. The molecule has 138 valence electrons. The molecular weight excluding hydrogens is 332 g/mol. The maximum Gasteiger partial charge on any atom is 0.263 e. The van der Waals surface area contributed by atoms with Crippen LogP contribution in [-0.2, 0) is 9.59 Å². The second kappa shape index (κ2) is 8.49. The molecule has 2 amide bonds.